The summed E-state index contributed by atoms with van der Waals surface area (Å²) in [5, 5.41) is 13.2. The number of aryl methyl sites for hydroxylation is 2. The first-order chi connectivity index (χ1) is 7.91. The van der Waals surface area contributed by atoms with E-state index in [9.17, 15) is 4.79 Å². The van der Waals surface area contributed by atoms with Gasteiger partial charge in [0.1, 0.15) is 0 Å². The van der Waals surface area contributed by atoms with Gasteiger partial charge in [-0.15, -0.1) is 0 Å². The summed E-state index contributed by atoms with van der Waals surface area (Å²) >= 11 is 0. The van der Waals surface area contributed by atoms with Crippen LogP contribution in [0.2, 0.25) is 0 Å². The van der Waals surface area contributed by atoms with Gasteiger partial charge in [-0.2, -0.15) is 5.10 Å². The lowest BCUT2D eigenvalue weighted by molar-refractivity contribution is -0.136. The van der Waals surface area contributed by atoms with E-state index in [2.05, 4.69) is 18.9 Å². The predicted octanol–water partition coefficient (Wildman–Crippen LogP) is 2.56. The van der Waals surface area contributed by atoms with Crippen LogP contribution in [-0.2, 0) is 17.8 Å². The molecule has 0 atom stereocenters. The highest BCUT2D eigenvalue weighted by molar-refractivity contribution is 5.67. The minimum absolute atomic E-state index is 0.178. The fourth-order valence-corrected chi connectivity index (χ4v) is 1.93. The van der Waals surface area contributed by atoms with E-state index in [1.807, 2.05) is 18.5 Å². The molecular formula is C13H22N2O2. The van der Waals surface area contributed by atoms with Crippen LogP contribution in [0, 0.1) is 19.8 Å². The van der Waals surface area contributed by atoms with Crippen LogP contribution in [0.3, 0.4) is 0 Å². The van der Waals surface area contributed by atoms with E-state index < -0.39 is 5.97 Å². The molecule has 0 unspecified atom stereocenters. The largest absolute Gasteiger partial charge is 0.481 e. The van der Waals surface area contributed by atoms with Gasteiger partial charge in [0.2, 0.25) is 0 Å². The lowest BCUT2D eigenvalue weighted by Crippen LogP contribution is -2.06. The Morgan fingerprint density at radius 2 is 2.06 bits per heavy atom. The molecule has 17 heavy (non-hydrogen) atoms. The Morgan fingerprint density at radius 3 is 2.59 bits per heavy atom. The standard InChI is InChI=1S/C13H22N2O2/c1-9(2)7-8-15-11(4)12(10(3)14-15)5-6-13(16)17/h9H,5-8H2,1-4H3,(H,16,17). The van der Waals surface area contributed by atoms with Gasteiger partial charge in [0, 0.05) is 18.7 Å². The predicted molar refractivity (Wildman–Crippen MR) is 67.1 cm³/mol. The summed E-state index contributed by atoms with van der Waals surface area (Å²) in [5.74, 6) is -0.0971. The molecule has 0 bridgehead atoms. The third kappa shape index (κ3) is 3.88. The molecule has 96 valence electrons. The van der Waals surface area contributed by atoms with Gasteiger partial charge in [-0.25, -0.2) is 0 Å². The summed E-state index contributed by atoms with van der Waals surface area (Å²) in [4.78, 5) is 10.6. The lowest BCUT2D eigenvalue weighted by Gasteiger charge is -2.07. The Labute approximate surface area is 103 Å². The highest BCUT2D eigenvalue weighted by Crippen LogP contribution is 2.16. The van der Waals surface area contributed by atoms with Crippen LogP contribution >= 0.6 is 0 Å². The summed E-state index contributed by atoms with van der Waals surface area (Å²) in [7, 11) is 0. The molecule has 4 nitrogen and oxygen atoms in total. The summed E-state index contributed by atoms with van der Waals surface area (Å²) in [6.07, 6.45) is 1.85. The fraction of sp³-hybridized carbons (Fsp3) is 0.692. The number of hydrogen-bond acceptors (Lipinski definition) is 2. The first kappa shape index (κ1) is 13.7. The van der Waals surface area contributed by atoms with Gasteiger partial charge in [-0.05, 0) is 38.2 Å². The smallest absolute Gasteiger partial charge is 0.303 e. The monoisotopic (exact) mass is 238 g/mol. The Bertz CT molecular complexity index is 394. The molecule has 1 rings (SSSR count). The summed E-state index contributed by atoms with van der Waals surface area (Å²) in [6.45, 7) is 9.28. The second-order valence-corrected chi connectivity index (χ2v) is 4.95. The molecule has 0 fully saturated rings. The zero-order valence-electron chi connectivity index (χ0n) is 11.2. The van der Waals surface area contributed by atoms with Gasteiger partial charge in [0.25, 0.3) is 0 Å². The van der Waals surface area contributed by atoms with Gasteiger partial charge in [-0.1, -0.05) is 13.8 Å². The Balaban J connectivity index is 2.75. The normalized spacial score (nSPS) is 11.1. The average Bonchev–Trinajstić information content (AvgIpc) is 2.48. The second kappa shape index (κ2) is 5.84. The highest BCUT2D eigenvalue weighted by atomic mass is 16.4. The Kier molecular flexibility index (Phi) is 4.73. The van der Waals surface area contributed by atoms with Gasteiger partial charge in [-0.3, -0.25) is 9.48 Å². The van der Waals surface area contributed by atoms with Crippen molar-refractivity contribution in [2.45, 2.75) is 53.5 Å². The van der Waals surface area contributed by atoms with Crippen molar-refractivity contribution in [1.29, 1.82) is 0 Å². The van der Waals surface area contributed by atoms with E-state index in [1.54, 1.807) is 0 Å². The van der Waals surface area contributed by atoms with Crippen molar-refractivity contribution >= 4 is 5.97 Å². The maximum absolute atomic E-state index is 10.6. The third-order valence-corrected chi connectivity index (χ3v) is 3.04. The van der Waals surface area contributed by atoms with E-state index in [1.165, 1.54) is 0 Å². The average molecular weight is 238 g/mol. The van der Waals surface area contributed by atoms with Gasteiger partial charge >= 0.3 is 5.97 Å². The van der Waals surface area contributed by atoms with Crippen LogP contribution in [0.5, 0.6) is 0 Å². The number of nitrogens with zero attached hydrogens (tertiary/aromatic N) is 2. The van der Waals surface area contributed by atoms with E-state index in [0.29, 0.717) is 12.3 Å². The molecule has 1 aromatic heterocycles. The molecule has 0 saturated carbocycles. The maximum atomic E-state index is 10.6. The molecule has 0 aromatic carbocycles. The molecule has 0 radical (unpaired) electrons. The number of aromatic nitrogens is 2. The number of hydrogen-bond donors (Lipinski definition) is 1. The lowest BCUT2D eigenvalue weighted by atomic mass is 10.1. The van der Waals surface area contributed by atoms with Crippen LogP contribution in [0.25, 0.3) is 0 Å². The number of aliphatic carboxylic acids is 1. The Hall–Kier alpha value is -1.32. The minimum Gasteiger partial charge on any atom is -0.481 e. The molecule has 1 heterocycles. The van der Waals surface area contributed by atoms with Crippen LogP contribution < -0.4 is 0 Å². The minimum atomic E-state index is -0.751. The molecule has 0 aliphatic rings. The van der Waals surface area contributed by atoms with Crippen molar-refractivity contribution in [3.63, 3.8) is 0 Å². The van der Waals surface area contributed by atoms with Crippen LogP contribution in [0.15, 0.2) is 0 Å². The first-order valence-electron chi connectivity index (χ1n) is 6.16. The molecule has 0 amide bonds. The molecule has 0 saturated heterocycles. The molecule has 1 N–H and O–H groups in total. The van der Waals surface area contributed by atoms with Crippen LogP contribution in [0.4, 0.5) is 0 Å². The van der Waals surface area contributed by atoms with E-state index in [0.717, 1.165) is 29.9 Å². The van der Waals surface area contributed by atoms with Crippen molar-refractivity contribution in [2.75, 3.05) is 0 Å². The summed E-state index contributed by atoms with van der Waals surface area (Å²) in [5.41, 5.74) is 3.17. The zero-order chi connectivity index (χ0) is 13.0. The quantitative estimate of drug-likeness (QED) is 0.828. The summed E-state index contributed by atoms with van der Waals surface area (Å²) < 4.78 is 2.01. The maximum Gasteiger partial charge on any atom is 0.303 e. The van der Waals surface area contributed by atoms with Gasteiger partial charge < -0.3 is 5.11 Å². The summed E-state index contributed by atoms with van der Waals surface area (Å²) in [6, 6.07) is 0. The van der Waals surface area contributed by atoms with Crippen molar-refractivity contribution in [3.05, 3.63) is 17.0 Å². The van der Waals surface area contributed by atoms with Gasteiger partial charge in [0.05, 0.1) is 5.69 Å². The van der Waals surface area contributed by atoms with Crippen molar-refractivity contribution in [3.8, 4) is 0 Å². The number of carboxylic acids is 1. The SMILES string of the molecule is Cc1nn(CCC(C)C)c(C)c1CCC(=O)O. The number of rotatable bonds is 6. The van der Waals surface area contributed by atoms with E-state index >= 15 is 0 Å². The highest BCUT2D eigenvalue weighted by Gasteiger charge is 2.12. The topological polar surface area (TPSA) is 55.1 Å². The first-order valence-corrected chi connectivity index (χ1v) is 6.16. The second-order valence-electron chi connectivity index (χ2n) is 4.95. The molecule has 4 heteroatoms. The van der Waals surface area contributed by atoms with Gasteiger partial charge in [0.15, 0.2) is 0 Å². The number of carbonyl (C=O) groups is 1. The van der Waals surface area contributed by atoms with Crippen molar-refractivity contribution in [2.24, 2.45) is 5.92 Å². The Morgan fingerprint density at radius 1 is 1.41 bits per heavy atom. The molecule has 0 aliphatic heterocycles. The van der Waals surface area contributed by atoms with E-state index in [4.69, 9.17) is 5.11 Å². The molecule has 0 spiro atoms. The molecule has 1 aromatic rings. The van der Waals surface area contributed by atoms with Crippen LogP contribution in [-0.4, -0.2) is 20.9 Å². The zero-order valence-corrected chi connectivity index (χ0v) is 11.2. The number of carboxylic acid groups (broad SMARTS) is 1. The third-order valence-electron chi connectivity index (χ3n) is 3.04. The fourth-order valence-electron chi connectivity index (χ4n) is 1.93. The molecular weight excluding hydrogens is 216 g/mol. The van der Waals surface area contributed by atoms with Crippen molar-refractivity contribution < 1.29 is 9.90 Å². The van der Waals surface area contributed by atoms with Crippen LogP contribution in [0.1, 0.15) is 43.6 Å². The molecule has 0 aliphatic carbocycles. The van der Waals surface area contributed by atoms with E-state index in [-0.39, 0.29) is 6.42 Å². The van der Waals surface area contributed by atoms with Crippen molar-refractivity contribution in [1.82, 2.24) is 9.78 Å².